The smallest absolute Gasteiger partial charge is 0.326 e. The Morgan fingerprint density at radius 2 is 1.93 bits per heavy atom. The van der Waals surface area contributed by atoms with Crippen LogP contribution in [0.5, 0.6) is 0 Å². The molecular weight excluding hydrogens is 422 g/mol. The van der Waals surface area contributed by atoms with Gasteiger partial charge in [-0.15, -0.1) is 11.3 Å². The molecule has 152 valence electrons. The lowest BCUT2D eigenvalue weighted by Crippen LogP contribution is -2.43. The zero-order chi connectivity index (χ0) is 21.1. The van der Waals surface area contributed by atoms with Crippen LogP contribution in [0.1, 0.15) is 11.3 Å². The summed E-state index contributed by atoms with van der Waals surface area (Å²) in [6.45, 7) is 0. The van der Waals surface area contributed by atoms with Crippen LogP contribution in [-0.2, 0) is 22.4 Å². The number of aliphatic carboxylic acids is 1. The monoisotopic (exact) mass is 439 g/mol. The van der Waals surface area contributed by atoms with Gasteiger partial charge in [0.15, 0.2) is 0 Å². The van der Waals surface area contributed by atoms with Gasteiger partial charge in [-0.2, -0.15) is 0 Å². The van der Waals surface area contributed by atoms with Gasteiger partial charge < -0.3 is 15.4 Å². The number of carboxylic acids is 1. The highest BCUT2D eigenvalue weighted by Gasteiger charge is 2.22. The highest BCUT2D eigenvalue weighted by molar-refractivity contribution is 7.13. The summed E-state index contributed by atoms with van der Waals surface area (Å²) in [4.78, 5) is 31.8. The summed E-state index contributed by atoms with van der Waals surface area (Å²) in [5.74, 6) is -1.47. The number of fused-ring (bicyclic) bond motifs is 1. The second-order valence-electron chi connectivity index (χ2n) is 6.82. The van der Waals surface area contributed by atoms with Gasteiger partial charge >= 0.3 is 5.97 Å². The fraction of sp³-hybridized carbons (Fsp3) is 0.136. The van der Waals surface area contributed by atoms with Gasteiger partial charge in [-0.3, -0.25) is 4.79 Å². The number of amides is 1. The molecule has 0 spiro atoms. The summed E-state index contributed by atoms with van der Waals surface area (Å²) in [5.41, 5.74) is 3.15. The molecular formula is C22H18ClN3O3S. The van der Waals surface area contributed by atoms with Gasteiger partial charge in [0, 0.05) is 34.5 Å². The van der Waals surface area contributed by atoms with Crippen molar-refractivity contribution in [3.05, 3.63) is 76.4 Å². The number of carboxylic acid groups (broad SMARTS) is 1. The Morgan fingerprint density at radius 1 is 1.17 bits per heavy atom. The number of rotatable bonds is 7. The first kappa shape index (κ1) is 20.1. The van der Waals surface area contributed by atoms with Gasteiger partial charge in [0.05, 0.1) is 17.1 Å². The summed E-state index contributed by atoms with van der Waals surface area (Å²) in [7, 11) is 0. The van der Waals surface area contributed by atoms with Gasteiger partial charge in [0.25, 0.3) is 0 Å². The number of halogens is 1. The van der Waals surface area contributed by atoms with Crippen molar-refractivity contribution in [3.63, 3.8) is 0 Å². The Hall–Kier alpha value is -3.16. The minimum atomic E-state index is -1.08. The lowest BCUT2D eigenvalue weighted by molar-refractivity contribution is -0.141. The first-order valence-electron chi connectivity index (χ1n) is 9.27. The minimum Gasteiger partial charge on any atom is -0.480 e. The highest BCUT2D eigenvalue weighted by Crippen LogP contribution is 2.30. The minimum absolute atomic E-state index is 0.00137. The van der Waals surface area contributed by atoms with Crippen LogP contribution in [0.4, 0.5) is 0 Å². The number of hydrogen-bond acceptors (Lipinski definition) is 4. The molecule has 0 aliphatic carbocycles. The summed E-state index contributed by atoms with van der Waals surface area (Å²) in [5, 5.41) is 16.2. The molecule has 0 saturated heterocycles. The van der Waals surface area contributed by atoms with Crippen molar-refractivity contribution in [1.82, 2.24) is 15.3 Å². The van der Waals surface area contributed by atoms with E-state index in [-0.39, 0.29) is 12.8 Å². The Labute approximate surface area is 181 Å². The maximum absolute atomic E-state index is 12.5. The van der Waals surface area contributed by atoms with Crippen LogP contribution in [0.15, 0.2) is 60.1 Å². The number of carbonyl (C=O) groups is 2. The van der Waals surface area contributed by atoms with Gasteiger partial charge in [-0.1, -0.05) is 48.0 Å². The molecule has 0 fully saturated rings. The SMILES string of the molecule is O=C(Cc1csc(-c2ccccc2Cl)n1)NC(Cc1c[nH]c2ccccc12)C(=O)O. The molecule has 1 atom stereocenters. The predicted octanol–water partition coefficient (Wildman–Crippen LogP) is 4.30. The zero-order valence-electron chi connectivity index (χ0n) is 15.8. The van der Waals surface area contributed by atoms with Crippen molar-refractivity contribution in [1.29, 1.82) is 0 Å². The largest absolute Gasteiger partial charge is 0.480 e. The highest BCUT2D eigenvalue weighted by atomic mass is 35.5. The average Bonchev–Trinajstić information content (AvgIpc) is 3.35. The van der Waals surface area contributed by atoms with Crippen LogP contribution in [0.25, 0.3) is 21.5 Å². The fourth-order valence-corrected chi connectivity index (χ4v) is 4.42. The van der Waals surface area contributed by atoms with E-state index in [2.05, 4.69) is 15.3 Å². The standard InChI is InChI=1S/C22H18ClN3O3S/c23-17-7-3-1-6-16(17)21-25-14(12-30-21)10-20(27)26-19(22(28)29)9-13-11-24-18-8-4-2-5-15(13)18/h1-8,11-12,19,24H,9-10H2,(H,26,27)(H,28,29). The van der Waals surface area contributed by atoms with Gasteiger partial charge in [0.2, 0.25) is 5.91 Å². The Morgan fingerprint density at radius 3 is 2.73 bits per heavy atom. The van der Waals surface area contributed by atoms with E-state index in [0.717, 1.165) is 27.0 Å². The zero-order valence-corrected chi connectivity index (χ0v) is 17.3. The van der Waals surface area contributed by atoms with E-state index in [1.165, 1.54) is 11.3 Å². The maximum Gasteiger partial charge on any atom is 0.326 e. The summed E-state index contributed by atoms with van der Waals surface area (Å²) in [6.07, 6.45) is 1.97. The lowest BCUT2D eigenvalue weighted by Gasteiger charge is -2.14. The van der Waals surface area contributed by atoms with Crippen molar-refractivity contribution in [3.8, 4) is 10.6 Å². The third kappa shape index (κ3) is 4.37. The Kier molecular flexibility index (Phi) is 5.83. The second-order valence-corrected chi connectivity index (χ2v) is 8.09. The molecule has 0 bridgehead atoms. The quantitative estimate of drug-likeness (QED) is 0.400. The van der Waals surface area contributed by atoms with Gasteiger partial charge in [-0.25, -0.2) is 9.78 Å². The van der Waals surface area contributed by atoms with Crippen molar-refractivity contribution in [2.75, 3.05) is 0 Å². The number of para-hydroxylation sites is 1. The van der Waals surface area contributed by atoms with Crippen molar-refractivity contribution < 1.29 is 14.7 Å². The fourth-order valence-electron chi connectivity index (χ4n) is 3.28. The molecule has 6 nitrogen and oxygen atoms in total. The number of thiazole rings is 1. The van der Waals surface area contributed by atoms with Crippen LogP contribution in [-0.4, -0.2) is 33.0 Å². The number of hydrogen-bond donors (Lipinski definition) is 3. The summed E-state index contributed by atoms with van der Waals surface area (Å²) >= 11 is 7.60. The molecule has 8 heteroatoms. The Balaban J connectivity index is 1.44. The van der Waals surface area contributed by atoms with Crippen LogP contribution in [0, 0.1) is 0 Å². The predicted molar refractivity (Wildman–Crippen MR) is 118 cm³/mol. The molecule has 3 N–H and O–H groups in total. The van der Waals surface area contributed by atoms with E-state index in [0.29, 0.717) is 10.7 Å². The van der Waals surface area contributed by atoms with E-state index in [1.54, 1.807) is 17.6 Å². The van der Waals surface area contributed by atoms with Gasteiger partial charge in [0.1, 0.15) is 11.0 Å². The van der Waals surface area contributed by atoms with Crippen LogP contribution >= 0.6 is 22.9 Å². The third-order valence-electron chi connectivity index (χ3n) is 4.73. The first-order chi connectivity index (χ1) is 14.5. The van der Waals surface area contributed by atoms with E-state index in [1.807, 2.05) is 42.5 Å². The van der Waals surface area contributed by atoms with Crippen molar-refractivity contribution in [2.24, 2.45) is 0 Å². The molecule has 2 heterocycles. The molecule has 0 aliphatic heterocycles. The topological polar surface area (TPSA) is 95.1 Å². The molecule has 2 aromatic heterocycles. The van der Waals surface area contributed by atoms with Crippen molar-refractivity contribution >= 4 is 45.7 Å². The molecule has 0 radical (unpaired) electrons. The van der Waals surface area contributed by atoms with Crippen LogP contribution < -0.4 is 5.32 Å². The molecule has 2 aromatic carbocycles. The number of nitrogens with zero attached hydrogens (tertiary/aromatic N) is 1. The number of benzene rings is 2. The molecule has 0 aliphatic rings. The van der Waals surface area contributed by atoms with Gasteiger partial charge in [-0.05, 0) is 17.7 Å². The van der Waals surface area contributed by atoms with E-state index in [9.17, 15) is 14.7 Å². The normalized spacial score (nSPS) is 12.0. The average molecular weight is 440 g/mol. The number of aromatic amines is 1. The molecule has 4 aromatic rings. The third-order valence-corrected chi connectivity index (χ3v) is 5.98. The molecule has 4 rings (SSSR count). The number of carbonyl (C=O) groups excluding carboxylic acids is 1. The second kappa shape index (κ2) is 8.69. The maximum atomic E-state index is 12.5. The van der Waals surface area contributed by atoms with E-state index >= 15 is 0 Å². The lowest BCUT2D eigenvalue weighted by atomic mass is 10.0. The molecule has 30 heavy (non-hydrogen) atoms. The number of aromatic nitrogens is 2. The van der Waals surface area contributed by atoms with Crippen LogP contribution in [0.2, 0.25) is 5.02 Å². The molecule has 1 unspecified atom stereocenters. The summed E-state index contributed by atoms with van der Waals surface area (Å²) in [6, 6.07) is 14.0. The van der Waals surface area contributed by atoms with Crippen molar-refractivity contribution in [2.45, 2.75) is 18.9 Å². The van der Waals surface area contributed by atoms with E-state index in [4.69, 9.17) is 11.6 Å². The number of nitrogens with one attached hydrogen (secondary N) is 2. The molecule has 0 saturated carbocycles. The van der Waals surface area contributed by atoms with Crippen LogP contribution in [0.3, 0.4) is 0 Å². The number of H-pyrrole nitrogens is 1. The van der Waals surface area contributed by atoms with E-state index < -0.39 is 17.9 Å². The first-order valence-corrected chi connectivity index (χ1v) is 10.5. The molecule has 1 amide bonds. The Bertz CT molecular complexity index is 1220. The summed E-state index contributed by atoms with van der Waals surface area (Å²) < 4.78 is 0.